The Labute approximate surface area is 190 Å². The van der Waals surface area contributed by atoms with E-state index >= 15 is 0 Å². The largest absolute Gasteiger partial charge is 0.366 e. The fourth-order valence-corrected chi connectivity index (χ4v) is 4.69. The van der Waals surface area contributed by atoms with Crippen molar-refractivity contribution in [3.8, 4) is 0 Å². The summed E-state index contributed by atoms with van der Waals surface area (Å²) >= 11 is 7.75. The monoisotopic (exact) mass is 451 g/mol. The number of hydrogen-bond acceptors (Lipinski definition) is 5. The maximum atomic E-state index is 13.7. The molecule has 0 saturated carbocycles. The Hall–Kier alpha value is -2.96. The van der Waals surface area contributed by atoms with Gasteiger partial charge in [0, 0.05) is 35.4 Å². The molecule has 0 saturated heterocycles. The summed E-state index contributed by atoms with van der Waals surface area (Å²) in [6.07, 6.45) is 4.26. The van der Waals surface area contributed by atoms with E-state index in [-0.39, 0.29) is 11.8 Å². The number of rotatable bonds is 7. The van der Waals surface area contributed by atoms with Gasteiger partial charge in [0.05, 0.1) is 11.3 Å². The number of amides is 2. The van der Waals surface area contributed by atoms with Crippen LogP contribution < -0.4 is 4.90 Å². The van der Waals surface area contributed by atoms with Crippen molar-refractivity contribution in [3.05, 3.63) is 87.0 Å². The molecule has 1 aliphatic heterocycles. The Bertz CT molecular complexity index is 1140. The van der Waals surface area contributed by atoms with Crippen LogP contribution in [-0.2, 0) is 16.0 Å². The van der Waals surface area contributed by atoms with Gasteiger partial charge in [-0.05, 0) is 67.1 Å². The second-order valence-corrected chi connectivity index (χ2v) is 8.57. The van der Waals surface area contributed by atoms with Crippen molar-refractivity contribution in [2.45, 2.75) is 20.3 Å². The SMILES string of the molecule is CCN(CCc1ccncc1)C1=C(c2cccs2)C(=O)N(c2cccc(Cl)c2C)C1=O. The van der Waals surface area contributed by atoms with Crippen LogP contribution in [0.5, 0.6) is 0 Å². The number of thiophene rings is 1. The Morgan fingerprint density at radius 3 is 2.52 bits per heavy atom. The van der Waals surface area contributed by atoms with Gasteiger partial charge in [-0.1, -0.05) is 23.7 Å². The van der Waals surface area contributed by atoms with Gasteiger partial charge >= 0.3 is 0 Å². The average molecular weight is 452 g/mol. The second-order valence-electron chi connectivity index (χ2n) is 7.22. The molecule has 1 aliphatic rings. The topological polar surface area (TPSA) is 53.5 Å². The van der Waals surface area contributed by atoms with Crippen molar-refractivity contribution < 1.29 is 9.59 Å². The molecule has 2 amide bonds. The Kier molecular flexibility index (Phi) is 6.20. The van der Waals surface area contributed by atoms with Crippen LogP contribution in [0.1, 0.15) is 22.9 Å². The van der Waals surface area contributed by atoms with E-state index in [0.717, 1.165) is 16.9 Å². The minimum Gasteiger partial charge on any atom is -0.366 e. The molecule has 0 bridgehead atoms. The highest BCUT2D eigenvalue weighted by Gasteiger charge is 2.43. The van der Waals surface area contributed by atoms with Crippen molar-refractivity contribution in [3.63, 3.8) is 0 Å². The lowest BCUT2D eigenvalue weighted by molar-refractivity contribution is -0.120. The molecule has 0 N–H and O–H groups in total. The van der Waals surface area contributed by atoms with Crippen LogP contribution in [-0.4, -0.2) is 34.8 Å². The lowest BCUT2D eigenvalue weighted by Gasteiger charge is -2.25. The number of pyridine rings is 1. The molecule has 31 heavy (non-hydrogen) atoms. The zero-order valence-corrected chi connectivity index (χ0v) is 18.9. The number of aromatic nitrogens is 1. The van der Waals surface area contributed by atoms with E-state index in [1.165, 1.54) is 16.2 Å². The normalized spacial score (nSPS) is 14.0. The fourth-order valence-electron chi connectivity index (χ4n) is 3.75. The fraction of sp³-hybridized carbons (Fsp3) is 0.208. The third-order valence-corrected chi connectivity index (χ3v) is 6.72. The van der Waals surface area contributed by atoms with Gasteiger partial charge in [-0.25, -0.2) is 4.90 Å². The third kappa shape index (κ3) is 4.01. The number of anilines is 1. The second kappa shape index (κ2) is 9.04. The summed E-state index contributed by atoms with van der Waals surface area (Å²) in [5, 5.41) is 2.44. The van der Waals surface area contributed by atoms with Gasteiger partial charge in [-0.3, -0.25) is 14.6 Å². The van der Waals surface area contributed by atoms with Crippen LogP contribution >= 0.6 is 22.9 Å². The van der Waals surface area contributed by atoms with Gasteiger partial charge in [0.1, 0.15) is 5.70 Å². The molecule has 0 fully saturated rings. The average Bonchev–Trinajstić information content (AvgIpc) is 3.39. The smallest absolute Gasteiger partial charge is 0.282 e. The molecule has 7 heteroatoms. The molecule has 0 aliphatic carbocycles. The summed E-state index contributed by atoms with van der Waals surface area (Å²) in [6, 6.07) is 13.0. The highest BCUT2D eigenvalue weighted by molar-refractivity contribution is 7.11. The van der Waals surface area contributed by atoms with E-state index in [1.54, 1.807) is 30.6 Å². The van der Waals surface area contributed by atoms with Crippen LogP contribution in [0.4, 0.5) is 5.69 Å². The highest BCUT2D eigenvalue weighted by atomic mass is 35.5. The van der Waals surface area contributed by atoms with Crippen LogP contribution in [0.3, 0.4) is 0 Å². The van der Waals surface area contributed by atoms with E-state index in [4.69, 9.17) is 11.6 Å². The van der Waals surface area contributed by atoms with Gasteiger partial charge in [0.25, 0.3) is 11.8 Å². The van der Waals surface area contributed by atoms with E-state index in [0.29, 0.717) is 40.6 Å². The summed E-state index contributed by atoms with van der Waals surface area (Å²) in [4.78, 5) is 35.3. The Morgan fingerprint density at radius 2 is 1.84 bits per heavy atom. The minimum absolute atomic E-state index is 0.310. The van der Waals surface area contributed by atoms with E-state index < -0.39 is 0 Å². The van der Waals surface area contributed by atoms with Gasteiger partial charge < -0.3 is 4.90 Å². The molecular formula is C24H22ClN3O2S. The van der Waals surface area contributed by atoms with E-state index in [1.807, 2.05) is 48.4 Å². The van der Waals surface area contributed by atoms with Crippen LogP contribution in [0.2, 0.25) is 5.02 Å². The molecule has 0 spiro atoms. The molecule has 3 aromatic rings. The summed E-state index contributed by atoms with van der Waals surface area (Å²) in [6.45, 7) is 5.04. The lowest BCUT2D eigenvalue weighted by Crippen LogP contribution is -2.36. The molecule has 0 atom stereocenters. The van der Waals surface area contributed by atoms with Crippen LogP contribution in [0.15, 0.2) is 65.9 Å². The van der Waals surface area contributed by atoms with Gasteiger partial charge in [-0.15, -0.1) is 11.3 Å². The van der Waals surface area contributed by atoms with Gasteiger partial charge in [0.2, 0.25) is 0 Å². The van der Waals surface area contributed by atoms with Crippen molar-refractivity contribution in [2.75, 3.05) is 18.0 Å². The Balaban J connectivity index is 1.75. The number of nitrogens with zero attached hydrogens (tertiary/aromatic N) is 3. The number of imide groups is 1. The highest BCUT2D eigenvalue weighted by Crippen LogP contribution is 2.38. The van der Waals surface area contributed by atoms with Crippen molar-refractivity contribution in [1.82, 2.24) is 9.88 Å². The van der Waals surface area contributed by atoms with E-state index in [2.05, 4.69) is 4.98 Å². The number of carbonyl (C=O) groups excluding carboxylic acids is 2. The maximum absolute atomic E-state index is 13.7. The first kappa shape index (κ1) is 21.3. The summed E-state index contributed by atoms with van der Waals surface area (Å²) in [5.41, 5.74) is 3.26. The number of carbonyl (C=O) groups is 2. The zero-order valence-electron chi connectivity index (χ0n) is 17.3. The summed E-state index contributed by atoms with van der Waals surface area (Å²) < 4.78 is 0. The van der Waals surface area contributed by atoms with E-state index in [9.17, 15) is 9.59 Å². The molecular weight excluding hydrogens is 430 g/mol. The third-order valence-electron chi connectivity index (χ3n) is 5.42. The standard InChI is InChI=1S/C24H22ClN3O2S/c1-3-27(14-11-17-9-12-26-13-10-17)22-21(20-8-5-15-31-20)23(29)28(24(22)30)19-7-4-6-18(25)16(19)2/h4-10,12-13,15H,3,11,14H2,1-2H3. The first-order valence-electron chi connectivity index (χ1n) is 10.1. The number of likely N-dealkylation sites (N-methyl/N-ethyl adjacent to an activating group) is 1. The van der Waals surface area contributed by atoms with Gasteiger partial charge in [-0.2, -0.15) is 0 Å². The molecule has 0 radical (unpaired) electrons. The first-order valence-corrected chi connectivity index (χ1v) is 11.3. The summed E-state index contributed by atoms with van der Waals surface area (Å²) in [7, 11) is 0. The minimum atomic E-state index is -0.310. The van der Waals surface area contributed by atoms with Crippen molar-refractivity contribution in [2.24, 2.45) is 0 Å². The molecule has 3 heterocycles. The molecule has 4 rings (SSSR count). The van der Waals surface area contributed by atoms with Gasteiger partial charge in [0.15, 0.2) is 0 Å². The molecule has 1 aromatic carbocycles. The summed E-state index contributed by atoms with van der Waals surface area (Å²) in [5.74, 6) is -0.620. The van der Waals surface area contributed by atoms with Crippen molar-refractivity contribution >= 4 is 46.0 Å². The predicted octanol–water partition coefficient (Wildman–Crippen LogP) is 4.95. The molecule has 2 aromatic heterocycles. The number of benzene rings is 1. The van der Waals surface area contributed by atoms with Crippen LogP contribution in [0.25, 0.3) is 5.57 Å². The number of halogens is 1. The number of hydrogen-bond donors (Lipinski definition) is 0. The zero-order chi connectivity index (χ0) is 22.0. The maximum Gasteiger partial charge on any atom is 0.282 e. The quantitative estimate of drug-likeness (QED) is 0.477. The first-order chi connectivity index (χ1) is 15.0. The molecule has 0 unspecified atom stereocenters. The van der Waals surface area contributed by atoms with Crippen molar-refractivity contribution in [1.29, 1.82) is 0 Å². The Morgan fingerprint density at radius 1 is 1.06 bits per heavy atom. The molecule has 158 valence electrons. The lowest BCUT2D eigenvalue weighted by atomic mass is 10.1. The van der Waals surface area contributed by atoms with Crippen LogP contribution in [0, 0.1) is 6.92 Å². The predicted molar refractivity (Wildman–Crippen MR) is 125 cm³/mol. The molecule has 5 nitrogen and oxygen atoms in total.